The molecule has 3 aromatic carbocycles. The number of hydrogen-bond donors (Lipinski definition) is 0. The lowest BCUT2D eigenvalue weighted by atomic mass is 9.95. The molecule has 0 aliphatic rings. The third-order valence-electron chi connectivity index (χ3n) is 4.63. The predicted octanol–water partition coefficient (Wildman–Crippen LogP) is 6.14. The Labute approximate surface area is 145 Å². The highest BCUT2D eigenvalue weighted by Crippen LogP contribution is 2.25. The molecule has 0 N–H and O–H groups in total. The van der Waals surface area contributed by atoms with E-state index in [9.17, 15) is 0 Å². The van der Waals surface area contributed by atoms with Gasteiger partial charge >= 0.3 is 0 Å². The molecule has 3 aromatic rings. The smallest absolute Gasteiger partial charge is 0.0722 e. The lowest BCUT2D eigenvalue weighted by Gasteiger charge is -2.15. The Kier molecular flexibility index (Phi) is 4.80. The first kappa shape index (κ1) is 16.4. The van der Waals surface area contributed by atoms with Crippen molar-refractivity contribution in [3.8, 4) is 0 Å². The van der Waals surface area contributed by atoms with Gasteiger partial charge in [0.2, 0.25) is 0 Å². The minimum Gasteiger partial charge on any atom is -0.289 e. The van der Waals surface area contributed by atoms with Crippen molar-refractivity contribution in [1.82, 2.24) is 0 Å². The second-order valence-electron chi connectivity index (χ2n) is 6.71. The Morgan fingerprint density at radius 3 is 2.25 bits per heavy atom. The molecular weight excluding hydrogens is 290 g/mol. The number of aliphatic imine (C=N–C) groups is 1. The molecule has 122 valence electrons. The summed E-state index contributed by atoms with van der Waals surface area (Å²) in [5, 5.41) is 2.58. The van der Waals surface area contributed by atoms with E-state index < -0.39 is 0 Å². The zero-order valence-corrected chi connectivity index (χ0v) is 15.0. The van der Waals surface area contributed by atoms with Crippen molar-refractivity contribution >= 4 is 17.0 Å². The average molecular weight is 315 g/mol. The summed E-state index contributed by atoms with van der Waals surface area (Å²) in [7, 11) is 0. The lowest BCUT2D eigenvalue weighted by Crippen LogP contribution is -1.99. The molecule has 1 nitrogen and oxygen atoms in total. The van der Waals surface area contributed by atoms with Crippen LogP contribution in [0, 0.1) is 20.8 Å². The van der Waals surface area contributed by atoms with Crippen molar-refractivity contribution in [3.05, 3.63) is 82.4 Å². The van der Waals surface area contributed by atoms with Crippen LogP contribution in [0.15, 0.2) is 59.6 Å². The van der Waals surface area contributed by atoms with Gasteiger partial charge in [-0.3, -0.25) is 4.99 Å². The molecule has 1 atom stereocenters. The number of hydrogen-bond acceptors (Lipinski definition) is 1. The average Bonchev–Trinajstić information content (AvgIpc) is 2.54. The molecule has 0 bridgehead atoms. The molecule has 1 unspecified atom stereocenters. The Morgan fingerprint density at radius 2 is 1.54 bits per heavy atom. The Balaban J connectivity index is 1.75. The van der Waals surface area contributed by atoms with Crippen LogP contribution in [0.2, 0.25) is 0 Å². The van der Waals surface area contributed by atoms with Crippen LogP contribution in [0.5, 0.6) is 0 Å². The fraction of sp³-hybridized carbons (Fsp3) is 0.261. The number of benzene rings is 3. The summed E-state index contributed by atoms with van der Waals surface area (Å²) in [6.07, 6.45) is 2.94. The third-order valence-corrected chi connectivity index (χ3v) is 4.63. The van der Waals surface area contributed by atoms with Crippen molar-refractivity contribution in [2.75, 3.05) is 0 Å². The summed E-state index contributed by atoms with van der Waals surface area (Å²) in [6.45, 7) is 8.70. The van der Waals surface area contributed by atoms with Gasteiger partial charge < -0.3 is 0 Å². The van der Waals surface area contributed by atoms with Gasteiger partial charge in [0, 0.05) is 12.6 Å². The van der Waals surface area contributed by atoms with Crippen LogP contribution in [0.1, 0.15) is 40.8 Å². The molecule has 1 heteroatoms. The van der Waals surface area contributed by atoms with Crippen LogP contribution in [-0.2, 0) is 6.42 Å². The highest BCUT2D eigenvalue weighted by Gasteiger charge is 2.10. The first-order valence-corrected chi connectivity index (χ1v) is 8.61. The van der Waals surface area contributed by atoms with Gasteiger partial charge in [-0.05, 0) is 60.7 Å². The van der Waals surface area contributed by atoms with Crippen molar-refractivity contribution in [2.24, 2.45) is 4.99 Å². The van der Waals surface area contributed by atoms with Gasteiger partial charge in [-0.1, -0.05) is 60.2 Å². The van der Waals surface area contributed by atoms with E-state index in [-0.39, 0.29) is 6.04 Å². The SMILES string of the molecule is Cc1cc(C)c(C(C)N=CCc2ccc3ccccc3c2)c(C)c1. The highest BCUT2D eigenvalue weighted by atomic mass is 14.8. The number of rotatable bonds is 4. The molecule has 0 aliphatic carbocycles. The predicted molar refractivity (Wildman–Crippen MR) is 105 cm³/mol. The zero-order chi connectivity index (χ0) is 17.1. The second-order valence-corrected chi connectivity index (χ2v) is 6.71. The summed E-state index contributed by atoms with van der Waals surface area (Å²) < 4.78 is 0. The third kappa shape index (κ3) is 3.56. The van der Waals surface area contributed by atoms with E-state index in [4.69, 9.17) is 4.99 Å². The molecular formula is C23H25N. The van der Waals surface area contributed by atoms with Crippen LogP contribution in [-0.4, -0.2) is 6.21 Å². The first-order valence-electron chi connectivity index (χ1n) is 8.61. The van der Waals surface area contributed by atoms with E-state index in [0.717, 1.165) is 6.42 Å². The maximum atomic E-state index is 4.80. The minimum absolute atomic E-state index is 0.200. The van der Waals surface area contributed by atoms with E-state index >= 15 is 0 Å². The summed E-state index contributed by atoms with van der Waals surface area (Å²) in [6, 6.07) is 19.8. The van der Waals surface area contributed by atoms with Gasteiger partial charge in [0.25, 0.3) is 0 Å². The van der Waals surface area contributed by atoms with Gasteiger partial charge in [0.1, 0.15) is 0 Å². The largest absolute Gasteiger partial charge is 0.289 e. The van der Waals surface area contributed by atoms with Crippen LogP contribution >= 0.6 is 0 Å². The summed E-state index contributed by atoms with van der Waals surface area (Å²) >= 11 is 0. The number of fused-ring (bicyclic) bond motifs is 1. The van der Waals surface area contributed by atoms with Crippen molar-refractivity contribution in [2.45, 2.75) is 40.2 Å². The minimum atomic E-state index is 0.200. The van der Waals surface area contributed by atoms with E-state index in [2.05, 4.69) is 88.5 Å². The van der Waals surface area contributed by atoms with E-state index in [1.54, 1.807) is 0 Å². The van der Waals surface area contributed by atoms with Crippen LogP contribution in [0.3, 0.4) is 0 Å². The van der Waals surface area contributed by atoms with Crippen molar-refractivity contribution in [1.29, 1.82) is 0 Å². The van der Waals surface area contributed by atoms with E-state index in [1.807, 2.05) is 0 Å². The molecule has 0 saturated carbocycles. The summed E-state index contributed by atoms with van der Waals surface area (Å²) in [5.74, 6) is 0. The maximum Gasteiger partial charge on any atom is 0.0722 e. The van der Waals surface area contributed by atoms with Crippen LogP contribution < -0.4 is 0 Å². The van der Waals surface area contributed by atoms with Gasteiger partial charge in [-0.15, -0.1) is 0 Å². The van der Waals surface area contributed by atoms with E-state index in [0.29, 0.717) is 0 Å². The van der Waals surface area contributed by atoms with Crippen LogP contribution in [0.25, 0.3) is 10.8 Å². The van der Waals surface area contributed by atoms with Crippen molar-refractivity contribution < 1.29 is 0 Å². The summed E-state index contributed by atoms with van der Waals surface area (Å²) in [5.41, 5.74) is 6.66. The molecule has 0 fully saturated rings. The molecule has 0 radical (unpaired) electrons. The Morgan fingerprint density at radius 1 is 0.875 bits per heavy atom. The van der Waals surface area contributed by atoms with Crippen molar-refractivity contribution in [3.63, 3.8) is 0 Å². The van der Waals surface area contributed by atoms with Gasteiger partial charge in [-0.25, -0.2) is 0 Å². The number of aryl methyl sites for hydroxylation is 3. The standard InChI is InChI=1S/C23H25N/c1-16-13-17(2)23(18(3)14-16)19(4)24-12-11-20-9-10-21-7-5-6-8-22(21)15-20/h5-10,12-15,19H,11H2,1-4H3. The molecule has 0 heterocycles. The van der Waals surface area contributed by atoms with Crippen LogP contribution in [0.4, 0.5) is 0 Å². The molecule has 0 amide bonds. The quantitative estimate of drug-likeness (QED) is 0.513. The topological polar surface area (TPSA) is 12.4 Å². The lowest BCUT2D eigenvalue weighted by molar-refractivity contribution is 0.804. The highest BCUT2D eigenvalue weighted by molar-refractivity contribution is 5.83. The fourth-order valence-electron chi connectivity index (χ4n) is 3.61. The molecule has 0 spiro atoms. The molecule has 0 aliphatic heterocycles. The molecule has 0 aromatic heterocycles. The van der Waals surface area contributed by atoms with E-state index in [1.165, 1.54) is 38.6 Å². The Hall–Kier alpha value is -2.41. The van der Waals surface area contributed by atoms with Gasteiger partial charge in [0.05, 0.1) is 6.04 Å². The molecule has 24 heavy (non-hydrogen) atoms. The molecule has 3 rings (SSSR count). The second kappa shape index (κ2) is 7.00. The van der Waals surface area contributed by atoms with Gasteiger partial charge in [-0.2, -0.15) is 0 Å². The fourth-order valence-corrected chi connectivity index (χ4v) is 3.61. The summed E-state index contributed by atoms with van der Waals surface area (Å²) in [4.78, 5) is 4.80. The Bertz CT molecular complexity index is 866. The van der Waals surface area contributed by atoms with Gasteiger partial charge in [0.15, 0.2) is 0 Å². The molecule has 0 saturated heterocycles. The first-order chi connectivity index (χ1) is 11.5. The maximum absolute atomic E-state index is 4.80. The zero-order valence-electron chi connectivity index (χ0n) is 15.0. The monoisotopic (exact) mass is 315 g/mol. The number of nitrogens with zero attached hydrogens (tertiary/aromatic N) is 1. The normalized spacial score (nSPS) is 12.8.